The number of carbonyl (C=O) groups is 1. The number of nitrogens with one attached hydrogen (secondary N) is 1. The Morgan fingerprint density at radius 3 is 3.00 bits per heavy atom. The summed E-state index contributed by atoms with van der Waals surface area (Å²) in [5.41, 5.74) is 5.27. The van der Waals surface area contributed by atoms with E-state index in [1.54, 1.807) is 14.2 Å². The minimum atomic E-state index is -0.285. The third kappa shape index (κ3) is 3.77. The van der Waals surface area contributed by atoms with Crippen LogP contribution in [0.25, 0.3) is 0 Å². The summed E-state index contributed by atoms with van der Waals surface area (Å²) in [6.45, 7) is 3.53. The Balaban J connectivity index is 2.31. The highest BCUT2D eigenvalue weighted by atomic mass is 16.5. The van der Waals surface area contributed by atoms with Crippen LogP contribution in [0.1, 0.15) is 6.42 Å². The van der Waals surface area contributed by atoms with Gasteiger partial charge in [0, 0.05) is 20.2 Å². The number of nitrogens with two attached hydrogens (primary N) is 1. The van der Waals surface area contributed by atoms with E-state index in [1.165, 1.54) is 0 Å². The molecule has 0 radical (unpaired) electrons. The second-order valence-corrected chi connectivity index (χ2v) is 4.11. The lowest BCUT2D eigenvalue weighted by Crippen LogP contribution is -2.47. The number of likely N-dealkylation sites (tertiary alicyclic amines) is 1. The predicted molar refractivity (Wildman–Crippen MR) is 58.5 cm³/mol. The second kappa shape index (κ2) is 6.05. The van der Waals surface area contributed by atoms with Crippen molar-refractivity contribution in [2.45, 2.75) is 12.5 Å². The molecule has 1 saturated heterocycles. The summed E-state index contributed by atoms with van der Waals surface area (Å²) in [6, 6.07) is -0.244. The standard InChI is InChI=1S/C10H21N3O2/c1-12-9(10(11)14)6-13-4-3-8(5-13)7-15-2/h8-9,12H,3-7H2,1-2H3,(H2,11,14). The zero-order chi connectivity index (χ0) is 11.3. The monoisotopic (exact) mass is 215 g/mol. The minimum absolute atomic E-state index is 0.244. The van der Waals surface area contributed by atoms with Crippen LogP contribution in [0.5, 0.6) is 0 Å². The average molecular weight is 215 g/mol. The third-order valence-electron chi connectivity index (χ3n) is 2.91. The largest absolute Gasteiger partial charge is 0.384 e. The number of hydrogen-bond acceptors (Lipinski definition) is 4. The van der Waals surface area contributed by atoms with Crippen LogP contribution in [0.2, 0.25) is 0 Å². The molecule has 88 valence electrons. The molecule has 5 heteroatoms. The number of primary amides is 1. The van der Waals surface area contributed by atoms with E-state index in [2.05, 4.69) is 10.2 Å². The molecule has 0 saturated carbocycles. The molecular formula is C10H21N3O2. The van der Waals surface area contributed by atoms with Crippen LogP contribution in [0.4, 0.5) is 0 Å². The molecule has 5 nitrogen and oxygen atoms in total. The zero-order valence-electron chi connectivity index (χ0n) is 9.53. The van der Waals surface area contributed by atoms with Crippen molar-refractivity contribution in [2.75, 3.05) is 40.4 Å². The van der Waals surface area contributed by atoms with Crippen LogP contribution < -0.4 is 11.1 Å². The van der Waals surface area contributed by atoms with E-state index < -0.39 is 0 Å². The van der Waals surface area contributed by atoms with E-state index in [4.69, 9.17) is 10.5 Å². The van der Waals surface area contributed by atoms with Crippen LogP contribution >= 0.6 is 0 Å². The highest BCUT2D eigenvalue weighted by Crippen LogP contribution is 2.16. The van der Waals surface area contributed by atoms with Crippen molar-refractivity contribution in [1.29, 1.82) is 0 Å². The number of ether oxygens (including phenoxy) is 1. The normalized spacial score (nSPS) is 24.3. The van der Waals surface area contributed by atoms with Crippen molar-refractivity contribution in [3.63, 3.8) is 0 Å². The Hall–Kier alpha value is -0.650. The maximum absolute atomic E-state index is 11.0. The number of likely N-dealkylation sites (N-methyl/N-ethyl adjacent to an activating group) is 1. The molecule has 3 N–H and O–H groups in total. The number of hydrogen-bond donors (Lipinski definition) is 2. The SMILES string of the molecule is CNC(CN1CCC(COC)C1)C(N)=O. The van der Waals surface area contributed by atoms with Crippen molar-refractivity contribution >= 4 is 5.91 Å². The van der Waals surface area contributed by atoms with E-state index in [0.29, 0.717) is 12.5 Å². The summed E-state index contributed by atoms with van der Waals surface area (Å²) in [5, 5.41) is 2.93. The van der Waals surface area contributed by atoms with Gasteiger partial charge < -0.3 is 20.7 Å². The molecule has 1 aliphatic rings. The summed E-state index contributed by atoms with van der Waals surface area (Å²) in [4.78, 5) is 13.3. The van der Waals surface area contributed by atoms with Crippen LogP contribution in [-0.4, -0.2) is 57.2 Å². The first-order chi connectivity index (χ1) is 7.17. The average Bonchev–Trinajstić information content (AvgIpc) is 2.62. The summed E-state index contributed by atoms with van der Waals surface area (Å²) in [5.74, 6) is 0.313. The van der Waals surface area contributed by atoms with E-state index in [9.17, 15) is 4.79 Å². The van der Waals surface area contributed by atoms with Gasteiger partial charge >= 0.3 is 0 Å². The number of carbonyl (C=O) groups excluding carboxylic acids is 1. The Labute approximate surface area is 90.9 Å². The Kier molecular flexibility index (Phi) is 5.01. The number of amides is 1. The summed E-state index contributed by atoms with van der Waals surface area (Å²) < 4.78 is 5.12. The van der Waals surface area contributed by atoms with Crippen molar-refractivity contribution in [2.24, 2.45) is 11.7 Å². The molecule has 1 rings (SSSR count). The van der Waals surface area contributed by atoms with Crippen molar-refractivity contribution in [1.82, 2.24) is 10.2 Å². The maximum Gasteiger partial charge on any atom is 0.235 e. The van der Waals surface area contributed by atoms with Crippen LogP contribution in [-0.2, 0) is 9.53 Å². The van der Waals surface area contributed by atoms with Gasteiger partial charge in [-0.2, -0.15) is 0 Å². The fourth-order valence-electron chi connectivity index (χ4n) is 2.03. The second-order valence-electron chi connectivity index (χ2n) is 4.11. The lowest BCUT2D eigenvalue weighted by molar-refractivity contribution is -0.120. The van der Waals surface area contributed by atoms with Gasteiger partial charge in [0.05, 0.1) is 12.6 Å². The lowest BCUT2D eigenvalue weighted by Gasteiger charge is -2.21. The van der Waals surface area contributed by atoms with Gasteiger partial charge in [0.2, 0.25) is 5.91 Å². The molecule has 0 bridgehead atoms. The maximum atomic E-state index is 11.0. The molecule has 2 unspecified atom stereocenters. The van der Waals surface area contributed by atoms with Crippen LogP contribution in [0.3, 0.4) is 0 Å². The number of methoxy groups -OCH3 is 1. The predicted octanol–water partition coefficient (Wildman–Crippen LogP) is -0.972. The molecule has 0 aromatic heterocycles. The van der Waals surface area contributed by atoms with Gasteiger partial charge in [0.15, 0.2) is 0 Å². The molecule has 1 heterocycles. The fourth-order valence-corrected chi connectivity index (χ4v) is 2.03. The molecule has 0 aliphatic carbocycles. The first-order valence-electron chi connectivity index (χ1n) is 5.35. The molecule has 0 aromatic rings. The van der Waals surface area contributed by atoms with Gasteiger partial charge in [-0.3, -0.25) is 4.79 Å². The Bertz CT molecular complexity index is 211. The summed E-state index contributed by atoms with van der Waals surface area (Å²) in [6.07, 6.45) is 1.14. The topological polar surface area (TPSA) is 67.6 Å². The summed E-state index contributed by atoms with van der Waals surface area (Å²) in [7, 11) is 3.49. The first kappa shape index (κ1) is 12.4. The minimum Gasteiger partial charge on any atom is -0.384 e. The van der Waals surface area contributed by atoms with Gasteiger partial charge in [-0.25, -0.2) is 0 Å². The molecule has 1 aliphatic heterocycles. The molecule has 15 heavy (non-hydrogen) atoms. The Morgan fingerprint density at radius 1 is 1.73 bits per heavy atom. The van der Waals surface area contributed by atoms with E-state index in [1.807, 2.05) is 0 Å². The van der Waals surface area contributed by atoms with Gasteiger partial charge in [-0.1, -0.05) is 0 Å². The van der Waals surface area contributed by atoms with Gasteiger partial charge in [0.1, 0.15) is 0 Å². The molecule has 0 aromatic carbocycles. The first-order valence-corrected chi connectivity index (χ1v) is 5.35. The summed E-state index contributed by atoms with van der Waals surface area (Å²) >= 11 is 0. The fraction of sp³-hybridized carbons (Fsp3) is 0.900. The molecular weight excluding hydrogens is 194 g/mol. The van der Waals surface area contributed by atoms with Crippen molar-refractivity contribution in [3.8, 4) is 0 Å². The molecule has 0 spiro atoms. The molecule has 2 atom stereocenters. The highest BCUT2D eigenvalue weighted by Gasteiger charge is 2.25. The number of rotatable bonds is 6. The number of nitrogens with zero attached hydrogens (tertiary/aromatic N) is 1. The highest BCUT2D eigenvalue weighted by molar-refractivity contribution is 5.80. The van der Waals surface area contributed by atoms with Crippen molar-refractivity contribution < 1.29 is 9.53 Å². The van der Waals surface area contributed by atoms with Gasteiger partial charge in [-0.15, -0.1) is 0 Å². The smallest absolute Gasteiger partial charge is 0.235 e. The Morgan fingerprint density at radius 2 is 2.47 bits per heavy atom. The van der Waals surface area contributed by atoms with Gasteiger partial charge in [0.25, 0.3) is 0 Å². The van der Waals surface area contributed by atoms with Crippen LogP contribution in [0.15, 0.2) is 0 Å². The van der Waals surface area contributed by atoms with Crippen LogP contribution in [0, 0.1) is 5.92 Å². The lowest BCUT2D eigenvalue weighted by atomic mass is 10.1. The zero-order valence-corrected chi connectivity index (χ0v) is 9.53. The van der Waals surface area contributed by atoms with E-state index in [-0.39, 0.29) is 11.9 Å². The van der Waals surface area contributed by atoms with Crippen molar-refractivity contribution in [3.05, 3.63) is 0 Å². The molecule has 1 amide bonds. The third-order valence-corrected chi connectivity index (χ3v) is 2.91. The van der Waals surface area contributed by atoms with E-state index >= 15 is 0 Å². The molecule has 1 fully saturated rings. The quantitative estimate of drug-likeness (QED) is 0.598. The van der Waals surface area contributed by atoms with E-state index in [0.717, 1.165) is 26.1 Å². The van der Waals surface area contributed by atoms with Gasteiger partial charge in [-0.05, 0) is 25.9 Å².